The summed E-state index contributed by atoms with van der Waals surface area (Å²) in [4.78, 5) is 14.6. The van der Waals surface area contributed by atoms with Gasteiger partial charge in [-0.15, -0.1) is 0 Å². The van der Waals surface area contributed by atoms with Crippen molar-refractivity contribution in [3.8, 4) is 0 Å². The third-order valence-corrected chi connectivity index (χ3v) is 4.46. The average Bonchev–Trinajstić information content (AvgIpc) is 2.99. The highest BCUT2D eigenvalue weighted by atomic mass is 32.1. The van der Waals surface area contributed by atoms with Gasteiger partial charge in [0.2, 0.25) is 5.91 Å². The minimum Gasteiger partial charge on any atom is -0.378 e. The molecule has 6 heteroatoms. The Hall–Kier alpha value is -0.950. The van der Waals surface area contributed by atoms with Gasteiger partial charge in [0.15, 0.2) is 0 Å². The van der Waals surface area contributed by atoms with Crippen LogP contribution in [0.3, 0.4) is 0 Å². The Kier molecular flexibility index (Phi) is 6.17. The van der Waals surface area contributed by atoms with Crippen LogP contribution >= 0.6 is 11.3 Å². The van der Waals surface area contributed by atoms with Crippen LogP contribution in [0.2, 0.25) is 0 Å². The Labute approximate surface area is 130 Å². The first kappa shape index (κ1) is 16.4. The second-order valence-electron chi connectivity index (χ2n) is 5.48. The normalized spacial score (nSPS) is 22.7. The van der Waals surface area contributed by atoms with Crippen LogP contribution in [0, 0.1) is 0 Å². The van der Waals surface area contributed by atoms with Crippen LogP contribution < -0.4 is 11.1 Å². The van der Waals surface area contributed by atoms with E-state index in [0.717, 1.165) is 13.0 Å². The van der Waals surface area contributed by atoms with Crippen molar-refractivity contribution >= 4 is 17.2 Å². The summed E-state index contributed by atoms with van der Waals surface area (Å²) in [6, 6.07) is 1.84. The van der Waals surface area contributed by atoms with E-state index in [4.69, 9.17) is 10.5 Å². The maximum atomic E-state index is 12.4. The number of nitrogens with two attached hydrogens (primary N) is 1. The van der Waals surface area contributed by atoms with Crippen LogP contribution in [0.4, 0.5) is 0 Å². The van der Waals surface area contributed by atoms with Crippen molar-refractivity contribution in [2.75, 3.05) is 26.3 Å². The molecular formula is C15H25N3O2S. The van der Waals surface area contributed by atoms with Gasteiger partial charge in [0.1, 0.15) is 6.04 Å². The van der Waals surface area contributed by atoms with Crippen molar-refractivity contribution in [1.82, 2.24) is 10.2 Å². The van der Waals surface area contributed by atoms with Gasteiger partial charge in [-0.2, -0.15) is 11.3 Å². The molecule has 1 aromatic heterocycles. The Morgan fingerprint density at radius 3 is 3.10 bits per heavy atom. The Balaban J connectivity index is 2.17. The van der Waals surface area contributed by atoms with E-state index < -0.39 is 0 Å². The molecule has 0 spiro atoms. The lowest BCUT2D eigenvalue weighted by Crippen LogP contribution is -2.57. The van der Waals surface area contributed by atoms with Crippen molar-refractivity contribution in [2.45, 2.75) is 38.4 Å². The number of carbonyl (C=O) groups excluding carboxylic acids is 1. The molecule has 0 aliphatic carbocycles. The zero-order valence-electron chi connectivity index (χ0n) is 12.7. The summed E-state index contributed by atoms with van der Waals surface area (Å²) in [6.45, 7) is 6.55. The fraction of sp³-hybridized carbons (Fsp3) is 0.667. The maximum absolute atomic E-state index is 12.4. The topological polar surface area (TPSA) is 67.6 Å². The van der Waals surface area contributed by atoms with E-state index in [1.807, 2.05) is 13.8 Å². The highest BCUT2D eigenvalue weighted by Crippen LogP contribution is 2.28. The maximum Gasteiger partial charge on any atom is 0.239 e. The van der Waals surface area contributed by atoms with E-state index in [1.165, 1.54) is 5.56 Å². The number of morpholine rings is 1. The molecular weight excluding hydrogens is 286 g/mol. The number of thiophene rings is 1. The van der Waals surface area contributed by atoms with E-state index in [2.05, 4.69) is 27.0 Å². The minimum atomic E-state index is -0.263. The molecule has 1 amide bonds. The molecule has 2 heterocycles. The molecule has 2 rings (SSSR count). The first-order valence-corrected chi connectivity index (χ1v) is 8.48. The molecule has 118 valence electrons. The molecule has 3 atom stereocenters. The van der Waals surface area contributed by atoms with E-state index >= 15 is 0 Å². The molecule has 1 fully saturated rings. The van der Waals surface area contributed by atoms with E-state index in [0.29, 0.717) is 19.8 Å². The first-order chi connectivity index (χ1) is 10.1. The largest absolute Gasteiger partial charge is 0.378 e. The molecule has 3 unspecified atom stereocenters. The summed E-state index contributed by atoms with van der Waals surface area (Å²) < 4.78 is 5.52. The summed E-state index contributed by atoms with van der Waals surface area (Å²) in [5, 5.41) is 7.14. The Morgan fingerprint density at radius 1 is 1.67 bits per heavy atom. The highest BCUT2D eigenvalue weighted by molar-refractivity contribution is 7.07. The molecule has 21 heavy (non-hydrogen) atoms. The zero-order valence-corrected chi connectivity index (χ0v) is 13.6. The number of hydrogen-bond acceptors (Lipinski definition) is 5. The number of hydrogen-bond donors (Lipinski definition) is 2. The summed E-state index contributed by atoms with van der Waals surface area (Å²) in [6.07, 6.45) is 0.931. The summed E-state index contributed by atoms with van der Waals surface area (Å²) in [7, 11) is 0. The van der Waals surface area contributed by atoms with Gasteiger partial charge >= 0.3 is 0 Å². The monoisotopic (exact) mass is 311 g/mol. The molecule has 3 N–H and O–H groups in total. The van der Waals surface area contributed by atoms with Crippen LogP contribution in [-0.4, -0.2) is 49.2 Å². The second kappa shape index (κ2) is 7.89. The molecule has 1 aromatic rings. The van der Waals surface area contributed by atoms with Crippen LogP contribution in [0.5, 0.6) is 0 Å². The van der Waals surface area contributed by atoms with Gasteiger partial charge in [-0.05, 0) is 35.7 Å². The van der Waals surface area contributed by atoms with Gasteiger partial charge < -0.3 is 15.8 Å². The molecule has 0 radical (unpaired) electrons. The van der Waals surface area contributed by atoms with Crippen LogP contribution in [0.25, 0.3) is 0 Å². The van der Waals surface area contributed by atoms with Crippen molar-refractivity contribution < 1.29 is 9.53 Å². The molecule has 0 bridgehead atoms. The van der Waals surface area contributed by atoms with Gasteiger partial charge in [-0.3, -0.25) is 9.69 Å². The number of amides is 1. The number of rotatable bonds is 6. The van der Waals surface area contributed by atoms with Gasteiger partial charge in [-0.1, -0.05) is 6.92 Å². The number of ether oxygens (including phenoxy) is 1. The second-order valence-corrected chi connectivity index (χ2v) is 6.26. The molecule has 1 aliphatic rings. The fourth-order valence-electron chi connectivity index (χ4n) is 2.78. The van der Waals surface area contributed by atoms with Crippen molar-refractivity contribution in [2.24, 2.45) is 5.73 Å². The van der Waals surface area contributed by atoms with E-state index in [9.17, 15) is 4.79 Å². The lowest BCUT2D eigenvalue weighted by Gasteiger charge is -2.41. The minimum absolute atomic E-state index is 0.0393. The number of carbonyl (C=O) groups is 1. The van der Waals surface area contributed by atoms with Gasteiger partial charge in [-0.25, -0.2) is 0 Å². The lowest BCUT2D eigenvalue weighted by atomic mass is 9.99. The molecule has 1 saturated heterocycles. The lowest BCUT2D eigenvalue weighted by molar-refractivity contribution is -0.135. The quantitative estimate of drug-likeness (QED) is 0.832. The van der Waals surface area contributed by atoms with Crippen LogP contribution in [-0.2, 0) is 9.53 Å². The van der Waals surface area contributed by atoms with Gasteiger partial charge in [0.05, 0.1) is 19.3 Å². The van der Waals surface area contributed by atoms with Crippen molar-refractivity contribution in [1.29, 1.82) is 0 Å². The molecule has 5 nitrogen and oxygen atoms in total. The molecule has 0 saturated carbocycles. The predicted molar refractivity (Wildman–Crippen MR) is 85.3 cm³/mol. The van der Waals surface area contributed by atoms with Gasteiger partial charge in [0, 0.05) is 19.1 Å². The van der Waals surface area contributed by atoms with Crippen molar-refractivity contribution in [3.63, 3.8) is 0 Å². The van der Waals surface area contributed by atoms with Crippen molar-refractivity contribution in [3.05, 3.63) is 22.4 Å². The zero-order chi connectivity index (χ0) is 15.2. The number of nitrogens with one attached hydrogen (secondary N) is 1. The Bertz CT molecular complexity index is 436. The third kappa shape index (κ3) is 4.03. The average molecular weight is 311 g/mol. The first-order valence-electron chi connectivity index (χ1n) is 7.54. The standard InChI is InChI=1S/C15H25N3O2S/c1-3-5-17-15(19)13-9-20-7-6-18(13)14(11(2)16)12-4-8-21-10-12/h4,8,10-11,13-14H,3,5-7,9,16H2,1-2H3,(H,17,19). The SMILES string of the molecule is CCCNC(=O)C1COCCN1C(c1ccsc1)C(C)N. The number of nitrogens with zero attached hydrogens (tertiary/aromatic N) is 1. The van der Waals surface area contributed by atoms with Crippen LogP contribution in [0.15, 0.2) is 16.8 Å². The molecule has 1 aliphatic heterocycles. The van der Waals surface area contributed by atoms with Crippen LogP contribution in [0.1, 0.15) is 31.9 Å². The Morgan fingerprint density at radius 2 is 2.48 bits per heavy atom. The summed E-state index contributed by atoms with van der Waals surface area (Å²) >= 11 is 1.66. The van der Waals surface area contributed by atoms with E-state index in [-0.39, 0.29) is 24.0 Å². The summed E-state index contributed by atoms with van der Waals surface area (Å²) in [5.74, 6) is 0.0393. The highest BCUT2D eigenvalue weighted by Gasteiger charge is 2.36. The van der Waals surface area contributed by atoms with Gasteiger partial charge in [0.25, 0.3) is 0 Å². The molecule has 0 aromatic carbocycles. The summed E-state index contributed by atoms with van der Waals surface area (Å²) in [5.41, 5.74) is 7.40. The van der Waals surface area contributed by atoms with E-state index in [1.54, 1.807) is 11.3 Å². The predicted octanol–water partition coefficient (Wildman–Crippen LogP) is 1.36. The smallest absolute Gasteiger partial charge is 0.239 e. The fourth-order valence-corrected chi connectivity index (χ4v) is 3.47. The third-order valence-electron chi connectivity index (χ3n) is 3.76.